The van der Waals surface area contributed by atoms with Crippen LogP contribution >= 0.6 is 34.8 Å². The monoisotopic (exact) mass is 1920 g/mol. The molecular formula is C99H110Cl3F2N19O9S2. The molecule has 0 spiro atoms. The lowest BCUT2D eigenvalue weighted by Gasteiger charge is -2.44. The lowest BCUT2D eigenvalue weighted by molar-refractivity contribution is -0.129. The van der Waals surface area contributed by atoms with E-state index in [0.29, 0.717) is 130 Å². The predicted molar refractivity (Wildman–Crippen MR) is 529 cm³/mol. The summed E-state index contributed by atoms with van der Waals surface area (Å²) >= 11 is 20.6. The molecule has 0 bridgehead atoms. The van der Waals surface area contributed by atoms with E-state index in [1.807, 2.05) is 150 Å². The van der Waals surface area contributed by atoms with Crippen LogP contribution in [-0.4, -0.2) is 211 Å². The summed E-state index contributed by atoms with van der Waals surface area (Å²) < 4.78 is 72.3. The number of rotatable bonds is 20. The van der Waals surface area contributed by atoms with Crippen LogP contribution in [0.1, 0.15) is 155 Å². The standard InChI is InChI=1S/C35H42ClFN8O2.C32H33ClFN5O3S.C32H35ClN6O4S/c1-10-28(46)43-16-22(7)44(17-21(43)6)33-24-15-25(36)31(23-13-11-12-14-26(23)37)40-34(24)45(35(47)41-33)32-29(19(2)3)38-27(18-42(8)9)39-30(32)20(4)5;1-7-28(40)37-16-20(5)38(17-19(37)4)30-24-15-25(33)29(22-10-8-9-11-26(22)34)35-31(24)39(32(41)36-30)27-13-12-21(43(6)42)14-23(27)18(2)3;1-8-26(40)37-16-21(6)38(17-20(37)5)30-23-15-24(33)28(22-11-9-10-12-25(22)44(7,42)43)35-31(23)39(32(41)36-30)29-19(4)13-14-34-27(29)18(2)3/h10-15,19-22H,1,16-18H2,2-9H3;7-15,18-20H,1,16-17H2,2-6H3;8-15,18,20-21H,1,16-17H2,2-7H3/t;19?,20?,43-;/m.1./s1. The molecule has 3 aliphatic heterocycles. The number of amides is 3. The topological polar surface area (TPSA) is 307 Å². The second-order valence-corrected chi connectivity index (χ2v) is 40.3. The van der Waals surface area contributed by atoms with Crippen LogP contribution in [0.15, 0.2) is 184 Å². The number of fused-ring (bicyclic) bond motifs is 3. The largest absolute Gasteiger partial charge is 0.355 e. The van der Waals surface area contributed by atoms with Gasteiger partial charge in [0.1, 0.15) is 34.9 Å². The van der Waals surface area contributed by atoms with Crippen molar-refractivity contribution in [2.24, 2.45) is 0 Å². The molecule has 6 unspecified atom stereocenters. The van der Waals surface area contributed by atoms with E-state index in [1.165, 1.54) is 50.1 Å². The summed E-state index contributed by atoms with van der Waals surface area (Å²) in [6.07, 6.45) is 8.35. The van der Waals surface area contributed by atoms with E-state index in [1.54, 1.807) is 112 Å². The molecule has 3 saturated heterocycles. The molecule has 3 fully saturated rings. The molecule has 0 radical (unpaired) electrons. The third-order valence-corrected chi connectivity index (χ3v) is 27.2. The Labute approximate surface area is 795 Å². The number of sulfone groups is 1. The number of aryl methyl sites for hydroxylation is 1. The molecule has 35 heteroatoms. The Bertz CT molecular complexity index is 7000. The van der Waals surface area contributed by atoms with Crippen LogP contribution in [-0.2, 0) is 41.6 Å². The molecule has 134 heavy (non-hydrogen) atoms. The van der Waals surface area contributed by atoms with E-state index in [9.17, 15) is 45.8 Å². The van der Waals surface area contributed by atoms with Crippen LogP contribution in [0.5, 0.6) is 0 Å². The van der Waals surface area contributed by atoms with E-state index in [4.69, 9.17) is 59.7 Å². The molecule has 0 aliphatic carbocycles. The summed E-state index contributed by atoms with van der Waals surface area (Å²) in [5.74, 6) is 0.115. The number of hydrogen-bond donors (Lipinski definition) is 0. The number of carbonyl (C=O) groups excluding carboxylic acids is 3. The number of hydrogen-bond acceptors (Lipinski definition) is 22. The van der Waals surface area contributed by atoms with Crippen molar-refractivity contribution in [3.8, 4) is 50.8 Å². The third kappa shape index (κ3) is 19.9. The third-order valence-electron chi connectivity index (χ3n) is 24.2. The fourth-order valence-electron chi connectivity index (χ4n) is 17.6. The van der Waals surface area contributed by atoms with E-state index in [0.717, 1.165) is 17.4 Å². The zero-order valence-corrected chi connectivity index (χ0v) is 82.4. The Morgan fingerprint density at radius 1 is 0.485 bits per heavy atom. The van der Waals surface area contributed by atoms with Crippen molar-refractivity contribution in [3.05, 3.63) is 252 Å². The molecule has 4 aromatic carbocycles. The first-order valence-electron chi connectivity index (χ1n) is 44.2. The maximum atomic E-state index is 15.2. The van der Waals surface area contributed by atoms with Crippen LogP contribution in [0.25, 0.3) is 83.9 Å². The number of benzene rings is 4. The van der Waals surface area contributed by atoms with E-state index >= 15 is 4.39 Å². The van der Waals surface area contributed by atoms with Crippen LogP contribution in [0.2, 0.25) is 15.1 Å². The molecule has 3 aliphatic rings. The number of carbonyl (C=O) groups is 3. The Morgan fingerprint density at radius 2 is 0.851 bits per heavy atom. The normalized spacial score (nSPS) is 17.4. The fraction of sp³-hybridized carbons (Fsp3) is 0.364. The summed E-state index contributed by atoms with van der Waals surface area (Å²) in [7, 11) is -0.958. The highest BCUT2D eigenvalue weighted by molar-refractivity contribution is 7.90. The molecule has 7 atom stereocenters. The molecule has 702 valence electrons. The van der Waals surface area contributed by atoms with Crippen molar-refractivity contribution < 1.29 is 35.8 Å². The average molecular weight is 1920 g/mol. The van der Waals surface area contributed by atoms with Crippen molar-refractivity contribution >= 4 is 124 Å². The molecule has 28 nitrogen and oxygen atoms in total. The summed E-state index contributed by atoms with van der Waals surface area (Å²) in [6, 6.07) is 30.0. The zero-order chi connectivity index (χ0) is 97.6. The van der Waals surface area contributed by atoms with Crippen molar-refractivity contribution in [2.75, 3.05) is 80.6 Å². The summed E-state index contributed by atoms with van der Waals surface area (Å²) in [5.41, 5.74) is 5.69. The Hall–Kier alpha value is -12.2. The van der Waals surface area contributed by atoms with Gasteiger partial charge in [0.2, 0.25) is 17.7 Å². The molecule has 0 saturated carbocycles. The van der Waals surface area contributed by atoms with Crippen molar-refractivity contribution in [1.29, 1.82) is 0 Å². The SMILES string of the molecule is C=CC(=O)N1CC(C)N(c2nc(=O)n(-c3c(C(C)C)nc(CN(C)C)nc3C(C)C)c3nc(-c4ccccc4F)c(Cl)cc23)CC1C.C=CC(=O)N1CC(C)N(c2nc(=O)n(-c3c(C)ccnc3C(C)C)c3nc(-c4ccccc4S(C)(=O)=O)c(Cl)cc23)CC1C.C=CC(=O)N1CC(C)N(c2nc(=O)n(-c3ccc([S@@](C)=O)cc3C(C)C)c3nc(-c4ccccc4F)c(Cl)cc23)CC1C. The molecule has 12 aromatic rings. The fourth-order valence-corrected chi connectivity index (χ4v) is 19.8. The highest BCUT2D eigenvalue weighted by atomic mass is 35.5. The number of nitrogens with zero attached hydrogens (tertiary/aromatic N) is 19. The molecule has 8 aromatic heterocycles. The van der Waals surface area contributed by atoms with Crippen LogP contribution in [0.4, 0.5) is 26.2 Å². The predicted octanol–water partition coefficient (Wildman–Crippen LogP) is 16.6. The van der Waals surface area contributed by atoms with Crippen molar-refractivity contribution in [3.63, 3.8) is 0 Å². The van der Waals surface area contributed by atoms with Gasteiger partial charge in [0.15, 0.2) is 26.8 Å². The van der Waals surface area contributed by atoms with Crippen LogP contribution < -0.4 is 31.8 Å². The van der Waals surface area contributed by atoms with Gasteiger partial charge in [0.25, 0.3) is 0 Å². The van der Waals surface area contributed by atoms with Crippen molar-refractivity contribution in [2.45, 2.75) is 180 Å². The molecule has 15 rings (SSSR count). The number of anilines is 3. The van der Waals surface area contributed by atoms with E-state index in [-0.39, 0.29) is 143 Å². The number of halogens is 5. The molecule has 11 heterocycles. The van der Waals surface area contributed by atoms with Gasteiger partial charge >= 0.3 is 17.1 Å². The van der Waals surface area contributed by atoms with E-state index < -0.39 is 49.3 Å². The van der Waals surface area contributed by atoms with Gasteiger partial charge in [-0.05, 0) is 188 Å². The molecule has 3 amide bonds. The smallest absolute Gasteiger partial charge is 0.349 e. The van der Waals surface area contributed by atoms with Gasteiger partial charge in [-0.1, -0.05) is 152 Å². The minimum atomic E-state index is -3.64. The van der Waals surface area contributed by atoms with Gasteiger partial charge in [-0.2, -0.15) is 15.0 Å². The number of pyridine rings is 4. The summed E-state index contributed by atoms with van der Waals surface area (Å²) in [5, 5.41) is 2.14. The Morgan fingerprint density at radius 3 is 1.22 bits per heavy atom. The van der Waals surface area contributed by atoms with Crippen LogP contribution in [0, 0.1) is 18.6 Å². The van der Waals surface area contributed by atoms with Gasteiger partial charge in [0.05, 0.1) is 93.9 Å². The van der Waals surface area contributed by atoms with Crippen molar-refractivity contribution in [1.82, 2.24) is 78.2 Å². The molecular weight excluding hydrogens is 1810 g/mol. The first-order valence-corrected chi connectivity index (χ1v) is 48.8. The highest BCUT2D eigenvalue weighted by Gasteiger charge is 2.40. The first-order chi connectivity index (χ1) is 63.4. The lowest BCUT2D eigenvalue weighted by Crippen LogP contribution is -2.58. The van der Waals surface area contributed by atoms with Crippen LogP contribution in [0.3, 0.4) is 0 Å². The maximum absolute atomic E-state index is 15.2. The van der Waals surface area contributed by atoms with Gasteiger partial charge in [-0.25, -0.2) is 70.2 Å². The summed E-state index contributed by atoms with van der Waals surface area (Å²) in [4.78, 5) is 137. The minimum Gasteiger partial charge on any atom is -0.349 e. The summed E-state index contributed by atoms with van der Waals surface area (Å²) in [6.45, 7) is 43.5. The maximum Gasteiger partial charge on any atom is 0.355 e. The minimum absolute atomic E-state index is 0.0272. The number of aromatic nitrogens is 12. The second-order valence-electron chi connectivity index (χ2n) is 35.7. The van der Waals surface area contributed by atoms with Gasteiger partial charge < -0.3 is 34.3 Å². The quantitative estimate of drug-likeness (QED) is 0.0640. The van der Waals surface area contributed by atoms with Gasteiger partial charge in [0, 0.05) is 127 Å². The second kappa shape index (κ2) is 40.5. The Balaban J connectivity index is 0.000000171. The lowest BCUT2D eigenvalue weighted by atomic mass is 10.0. The molecule has 0 N–H and O–H groups in total. The van der Waals surface area contributed by atoms with Gasteiger partial charge in [-0.15, -0.1) is 0 Å². The first kappa shape index (κ1) is 99.3. The zero-order valence-electron chi connectivity index (χ0n) is 78.5. The van der Waals surface area contributed by atoms with Gasteiger partial charge in [-0.3, -0.25) is 23.6 Å². The number of piperazine rings is 3. The Kier molecular flexibility index (Phi) is 30.0. The highest BCUT2D eigenvalue weighted by Crippen LogP contribution is 2.43. The average Bonchev–Trinajstić information content (AvgIpc) is 0.735. The van der Waals surface area contributed by atoms with E-state index in [2.05, 4.69) is 39.7 Å².